The van der Waals surface area contributed by atoms with Gasteiger partial charge >= 0.3 is 0 Å². The Bertz CT molecular complexity index is 405. The predicted octanol–water partition coefficient (Wildman–Crippen LogP) is 2.03. The van der Waals surface area contributed by atoms with E-state index in [2.05, 4.69) is 10.3 Å². The number of ether oxygens (including phenoxy) is 1. The zero-order valence-corrected chi connectivity index (χ0v) is 9.75. The molecule has 2 rings (SSSR count). The summed E-state index contributed by atoms with van der Waals surface area (Å²) in [6.07, 6.45) is 3.30. The highest BCUT2D eigenvalue weighted by Crippen LogP contribution is 2.20. The number of hydrogen-bond acceptors (Lipinski definition) is 3. The van der Waals surface area contributed by atoms with E-state index in [0.717, 1.165) is 12.8 Å². The monoisotopic (exact) mass is 240 g/mol. The Labute approximate surface area is 99.0 Å². The fourth-order valence-electron chi connectivity index (χ4n) is 1.53. The molecule has 16 heavy (non-hydrogen) atoms. The Morgan fingerprint density at radius 3 is 2.88 bits per heavy atom. The number of carbonyl (C=O) groups is 1. The zero-order chi connectivity index (χ0) is 11.5. The molecule has 1 saturated carbocycles. The van der Waals surface area contributed by atoms with Gasteiger partial charge in [0.1, 0.15) is 5.15 Å². The molecule has 0 saturated heterocycles. The minimum absolute atomic E-state index is 0.118. The predicted molar refractivity (Wildman–Crippen MR) is 60.9 cm³/mol. The third kappa shape index (κ3) is 2.44. The van der Waals surface area contributed by atoms with Crippen molar-refractivity contribution in [3.8, 4) is 5.88 Å². The van der Waals surface area contributed by atoms with Crippen molar-refractivity contribution in [3.05, 3.63) is 22.8 Å². The van der Waals surface area contributed by atoms with Gasteiger partial charge in [-0.25, -0.2) is 4.98 Å². The number of carbonyl (C=O) groups excluding carboxylic acids is 1. The van der Waals surface area contributed by atoms with Crippen molar-refractivity contribution in [3.63, 3.8) is 0 Å². The summed E-state index contributed by atoms with van der Waals surface area (Å²) >= 11 is 5.79. The molecule has 1 aromatic heterocycles. The second-order valence-corrected chi connectivity index (χ2v) is 4.21. The smallest absolute Gasteiger partial charge is 0.251 e. The molecule has 1 aromatic rings. The highest BCUT2D eigenvalue weighted by molar-refractivity contribution is 6.29. The number of halogens is 1. The molecule has 0 radical (unpaired) electrons. The second kappa shape index (κ2) is 4.70. The lowest BCUT2D eigenvalue weighted by atomic mass is 9.93. The molecule has 1 N–H and O–H groups in total. The Balaban J connectivity index is 2.11. The van der Waals surface area contributed by atoms with Crippen LogP contribution in [0.5, 0.6) is 5.88 Å². The number of nitrogens with one attached hydrogen (secondary N) is 1. The number of amides is 1. The van der Waals surface area contributed by atoms with Gasteiger partial charge in [0.15, 0.2) is 0 Å². The lowest BCUT2D eigenvalue weighted by Gasteiger charge is -2.26. The van der Waals surface area contributed by atoms with Crippen LogP contribution >= 0.6 is 11.6 Å². The van der Waals surface area contributed by atoms with E-state index < -0.39 is 0 Å². The maximum absolute atomic E-state index is 11.8. The number of hydrogen-bond donors (Lipinski definition) is 1. The maximum Gasteiger partial charge on any atom is 0.251 e. The average molecular weight is 241 g/mol. The van der Waals surface area contributed by atoms with Crippen molar-refractivity contribution in [2.24, 2.45) is 0 Å². The molecule has 5 heteroatoms. The molecular formula is C11H13ClN2O2. The summed E-state index contributed by atoms with van der Waals surface area (Å²) in [4.78, 5) is 15.7. The zero-order valence-electron chi connectivity index (χ0n) is 9.00. The van der Waals surface area contributed by atoms with E-state index in [9.17, 15) is 4.79 Å². The first kappa shape index (κ1) is 11.2. The van der Waals surface area contributed by atoms with Crippen molar-refractivity contribution >= 4 is 17.5 Å². The number of nitrogens with zero attached hydrogens (tertiary/aromatic N) is 1. The quantitative estimate of drug-likeness (QED) is 0.823. The normalized spacial score (nSPS) is 15.4. The van der Waals surface area contributed by atoms with Gasteiger partial charge in [-0.05, 0) is 25.3 Å². The van der Waals surface area contributed by atoms with Gasteiger partial charge < -0.3 is 10.1 Å². The van der Waals surface area contributed by atoms with Gasteiger partial charge in [-0.1, -0.05) is 11.6 Å². The SMILES string of the molecule is COc1cc(C(=O)NC2CCC2)cc(Cl)n1. The highest BCUT2D eigenvalue weighted by Gasteiger charge is 2.20. The van der Waals surface area contributed by atoms with Crippen molar-refractivity contribution in [2.75, 3.05) is 7.11 Å². The van der Waals surface area contributed by atoms with Crippen LogP contribution in [0.15, 0.2) is 12.1 Å². The molecule has 1 heterocycles. The molecule has 0 unspecified atom stereocenters. The van der Waals surface area contributed by atoms with Crippen molar-refractivity contribution in [2.45, 2.75) is 25.3 Å². The van der Waals surface area contributed by atoms with Gasteiger partial charge in [-0.15, -0.1) is 0 Å². The Hall–Kier alpha value is -1.29. The Kier molecular flexibility index (Phi) is 3.29. The summed E-state index contributed by atoms with van der Waals surface area (Å²) < 4.78 is 4.96. The fourth-order valence-corrected chi connectivity index (χ4v) is 1.73. The van der Waals surface area contributed by atoms with Crippen LogP contribution in [0.4, 0.5) is 0 Å². The van der Waals surface area contributed by atoms with E-state index in [-0.39, 0.29) is 11.1 Å². The summed E-state index contributed by atoms with van der Waals surface area (Å²) in [5, 5.41) is 3.19. The van der Waals surface area contributed by atoms with E-state index in [4.69, 9.17) is 16.3 Å². The van der Waals surface area contributed by atoms with Crippen LogP contribution in [0.1, 0.15) is 29.6 Å². The summed E-state index contributed by atoms with van der Waals surface area (Å²) in [5.41, 5.74) is 0.490. The van der Waals surface area contributed by atoms with Crippen LogP contribution in [0.2, 0.25) is 5.15 Å². The molecule has 1 fully saturated rings. The second-order valence-electron chi connectivity index (χ2n) is 3.82. The highest BCUT2D eigenvalue weighted by atomic mass is 35.5. The third-order valence-electron chi connectivity index (χ3n) is 2.68. The first-order valence-electron chi connectivity index (χ1n) is 5.21. The van der Waals surface area contributed by atoms with Gasteiger partial charge in [0.05, 0.1) is 7.11 Å². The molecule has 0 aliphatic heterocycles. The Morgan fingerprint density at radius 1 is 1.56 bits per heavy atom. The summed E-state index contributed by atoms with van der Waals surface area (Å²) in [5.74, 6) is 0.235. The van der Waals surface area contributed by atoms with Crippen molar-refractivity contribution in [1.29, 1.82) is 0 Å². The standard InChI is InChI=1S/C11H13ClN2O2/c1-16-10-6-7(5-9(12)14-10)11(15)13-8-3-2-4-8/h5-6,8H,2-4H2,1H3,(H,13,15). The van der Waals surface area contributed by atoms with Crippen LogP contribution < -0.4 is 10.1 Å². The van der Waals surface area contributed by atoms with Crippen LogP contribution in [-0.2, 0) is 0 Å². The van der Waals surface area contributed by atoms with Crippen molar-refractivity contribution in [1.82, 2.24) is 10.3 Å². The van der Waals surface area contributed by atoms with Crippen molar-refractivity contribution < 1.29 is 9.53 Å². The minimum Gasteiger partial charge on any atom is -0.481 e. The Morgan fingerprint density at radius 2 is 2.31 bits per heavy atom. The van der Waals surface area contributed by atoms with Crippen LogP contribution in [-0.4, -0.2) is 24.0 Å². The molecule has 86 valence electrons. The maximum atomic E-state index is 11.8. The molecule has 0 aromatic carbocycles. The van der Waals surface area contributed by atoms with Crippen LogP contribution in [0, 0.1) is 0 Å². The minimum atomic E-state index is -0.118. The summed E-state index contributed by atoms with van der Waals surface area (Å²) in [6.45, 7) is 0. The number of rotatable bonds is 3. The van der Waals surface area contributed by atoms with Gasteiger partial charge in [0.2, 0.25) is 5.88 Å². The van der Waals surface area contributed by atoms with Gasteiger partial charge in [-0.3, -0.25) is 4.79 Å². The van der Waals surface area contributed by atoms with E-state index in [1.165, 1.54) is 19.6 Å². The lowest BCUT2D eigenvalue weighted by Crippen LogP contribution is -2.39. The van der Waals surface area contributed by atoms with Crippen LogP contribution in [0.3, 0.4) is 0 Å². The van der Waals surface area contributed by atoms with E-state index >= 15 is 0 Å². The molecule has 0 bridgehead atoms. The topological polar surface area (TPSA) is 51.2 Å². The molecule has 1 amide bonds. The summed E-state index contributed by atoms with van der Waals surface area (Å²) in [6, 6.07) is 3.43. The largest absolute Gasteiger partial charge is 0.481 e. The molecular weight excluding hydrogens is 228 g/mol. The first-order chi connectivity index (χ1) is 7.69. The first-order valence-corrected chi connectivity index (χ1v) is 5.59. The van der Waals surface area contributed by atoms with E-state index in [1.54, 1.807) is 6.07 Å². The fraction of sp³-hybridized carbons (Fsp3) is 0.455. The van der Waals surface area contributed by atoms with Gasteiger partial charge in [-0.2, -0.15) is 0 Å². The molecule has 4 nitrogen and oxygen atoms in total. The average Bonchev–Trinajstić information content (AvgIpc) is 2.22. The van der Waals surface area contributed by atoms with E-state index in [0.29, 0.717) is 17.5 Å². The number of aromatic nitrogens is 1. The molecule has 0 atom stereocenters. The molecule has 0 spiro atoms. The van der Waals surface area contributed by atoms with Gasteiger partial charge in [0.25, 0.3) is 5.91 Å². The lowest BCUT2D eigenvalue weighted by molar-refractivity contribution is 0.0916. The van der Waals surface area contributed by atoms with E-state index in [1.807, 2.05) is 0 Å². The summed E-state index contributed by atoms with van der Waals surface area (Å²) in [7, 11) is 1.49. The van der Waals surface area contributed by atoms with Gasteiger partial charge in [0, 0.05) is 17.7 Å². The molecule has 1 aliphatic carbocycles. The third-order valence-corrected chi connectivity index (χ3v) is 2.88. The van der Waals surface area contributed by atoms with Crippen LogP contribution in [0.25, 0.3) is 0 Å². The number of pyridine rings is 1. The molecule has 1 aliphatic rings. The number of methoxy groups -OCH3 is 1.